The van der Waals surface area contributed by atoms with Gasteiger partial charge in [0, 0.05) is 25.3 Å². The number of carbonyl (C=O) groups excluding carboxylic acids is 1. The molecule has 0 radical (unpaired) electrons. The third-order valence-electron chi connectivity index (χ3n) is 3.00. The molecule has 0 fully saturated rings. The van der Waals surface area contributed by atoms with E-state index in [0.29, 0.717) is 24.5 Å². The minimum atomic E-state index is -0.564. The summed E-state index contributed by atoms with van der Waals surface area (Å²) in [5.74, 6) is 1.17. The molecule has 0 heterocycles. The van der Waals surface area contributed by atoms with Crippen molar-refractivity contribution >= 4 is 5.91 Å². The van der Waals surface area contributed by atoms with Crippen LogP contribution in [0.4, 0.5) is 0 Å². The predicted octanol–water partition coefficient (Wildman–Crippen LogP) is 0.760. The van der Waals surface area contributed by atoms with Gasteiger partial charge in [-0.3, -0.25) is 4.79 Å². The maximum absolute atomic E-state index is 11.9. The lowest BCUT2D eigenvalue weighted by Gasteiger charge is -2.12. The van der Waals surface area contributed by atoms with E-state index in [2.05, 4.69) is 5.32 Å². The number of aliphatic hydroxyl groups excluding tert-OH is 1. The molecule has 1 unspecified atom stereocenters. The first-order valence-electron chi connectivity index (χ1n) is 6.75. The third-order valence-corrected chi connectivity index (χ3v) is 3.00. The number of amides is 1. The van der Waals surface area contributed by atoms with Crippen molar-refractivity contribution in [2.24, 2.45) is 0 Å². The van der Waals surface area contributed by atoms with Crippen LogP contribution in [0.15, 0.2) is 18.2 Å². The Morgan fingerprint density at radius 3 is 2.67 bits per heavy atom. The fraction of sp³-hybridized carbons (Fsp3) is 0.533. The second-order valence-corrected chi connectivity index (χ2v) is 4.60. The van der Waals surface area contributed by atoms with Gasteiger partial charge in [-0.15, -0.1) is 0 Å². The molecule has 1 aromatic rings. The fourth-order valence-corrected chi connectivity index (χ4v) is 1.89. The number of rotatable bonds is 9. The number of hydrogen-bond acceptors (Lipinski definition) is 5. The minimum Gasteiger partial charge on any atom is -0.497 e. The molecule has 118 valence electrons. The summed E-state index contributed by atoms with van der Waals surface area (Å²) in [4.78, 5) is 11.9. The van der Waals surface area contributed by atoms with Gasteiger partial charge >= 0.3 is 0 Å². The SMILES string of the molecule is COCC(O)CCNC(=O)Cc1ccc(OC)cc1OC. The van der Waals surface area contributed by atoms with Crippen LogP contribution >= 0.6 is 0 Å². The molecule has 0 saturated carbocycles. The van der Waals surface area contributed by atoms with Crippen molar-refractivity contribution in [3.05, 3.63) is 23.8 Å². The van der Waals surface area contributed by atoms with E-state index >= 15 is 0 Å². The summed E-state index contributed by atoms with van der Waals surface area (Å²) in [6.07, 6.45) is 0.109. The van der Waals surface area contributed by atoms with Crippen molar-refractivity contribution in [1.82, 2.24) is 5.32 Å². The summed E-state index contributed by atoms with van der Waals surface area (Å²) in [6.45, 7) is 0.671. The summed E-state index contributed by atoms with van der Waals surface area (Å²) in [5.41, 5.74) is 0.785. The zero-order valence-electron chi connectivity index (χ0n) is 12.7. The molecule has 0 saturated heterocycles. The summed E-state index contributed by atoms with van der Waals surface area (Å²) in [5, 5.41) is 12.2. The highest BCUT2D eigenvalue weighted by Gasteiger charge is 2.10. The number of benzene rings is 1. The molecule has 2 N–H and O–H groups in total. The molecule has 1 aromatic carbocycles. The monoisotopic (exact) mass is 297 g/mol. The Kier molecular flexibility index (Phi) is 7.56. The van der Waals surface area contributed by atoms with E-state index in [-0.39, 0.29) is 18.9 Å². The predicted molar refractivity (Wildman–Crippen MR) is 78.8 cm³/mol. The summed E-state index contributed by atoms with van der Waals surface area (Å²) in [7, 11) is 4.65. The van der Waals surface area contributed by atoms with Gasteiger partial charge in [0.25, 0.3) is 0 Å². The second-order valence-electron chi connectivity index (χ2n) is 4.60. The largest absolute Gasteiger partial charge is 0.497 e. The summed E-state index contributed by atoms with van der Waals surface area (Å²) in [6, 6.07) is 5.33. The van der Waals surface area contributed by atoms with E-state index in [1.54, 1.807) is 32.4 Å². The molecule has 1 rings (SSSR count). The Hall–Kier alpha value is -1.79. The van der Waals surface area contributed by atoms with Gasteiger partial charge in [-0.1, -0.05) is 6.07 Å². The minimum absolute atomic E-state index is 0.122. The van der Waals surface area contributed by atoms with Crippen LogP contribution in [-0.2, 0) is 16.0 Å². The molecule has 0 aromatic heterocycles. The van der Waals surface area contributed by atoms with E-state index in [0.717, 1.165) is 5.56 Å². The number of methoxy groups -OCH3 is 3. The molecular formula is C15H23NO5. The smallest absolute Gasteiger partial charge is 0.224 e. The second kappa shape index (κ2) is 9.20. The van der Waals surface area contributed by atoms with Crippen LogP contribution in [-0.4, -0.2) is 51.6 Å². The Bertz CT molecular complexity index is 450. The van der Waals surface area contributed by atoms with Crippen LogP contribution in [0.3, 0.4) is 0 Å². The van der Waals surface area contributed by atoms with Gasteiger partial charge in [0.15, 0.2) is 0 Å². The molecule has 6 nitrogen and oxygen atoms in total. The first-order valence-corrected chi connectivity index (χ1v) is 6.75. The number of carbonyl (C=O) groups is 1. The number of aliphatic hydroxyl groups is 1. The van der Waals surface area contributed by atoms with Crippen molar-refractivity contribution in [3.8, 4) is 11.5 Å². The topological polar surface area (TPSA) is 77.0 Å². The molecule has 0 aliphatic heterocycles. The Labute approximate surface area is 125 Å². The molecule has 0 aliphatic carbocycles. The van der Waals surface area contributed by atoms with Crippen molar-refractivity contribution < 1.29 is 24.1 Å². The maximum atomic E-state index is 11.9. The first-order chi connectivity index (χ1) is 10.1. The standard InChI is InChI=1S/C15H23NO5/c1-19-10-12(17)6-7-16-15(18)8-11-4-5-13(20-2)9-14(11)21-3/h4-5,9,12,17H,6-8,10H2,1-3H3,(H,16,18). The van der Waals surface area contributed by atoms with Crippen LogP contribution in [0.2, 0.25) is 0 Å². The lowest BCUT2D eigenvalue weighted by molar-refractivity contribution is -0.120. The molecule has 1 amide bonds. The summed E-state index contributed by atoms with van der Waals surface area (Å²) < 4.78 is 15.2. The Balaban J connectivity index is 2.47. The highest BCUT2D eigenvalue weighted by Crippen LogP contribution is 2.24. The zero-order valence-corrected chi connectivity index (χ0v) is 12.7. The fourth-order valence-electron chi connectivity index (χ4n) is 1.89. The average Bonchev–Trinajstić information content (AvgIpc) is 2.48. The van der Waals surface area contributed by atoms with Gasteiger partial charge in [0.2, 0.25) is 5.91 Å². The van der Waals surface area contributed by atoms with E-state index in [9.17, 15) is 9.90 Å². The molecule has 6 heteroatoms. The maximum Gasteiger partial charge on any atom is 0.224 e. The quantitative estimate of drug-likeness (QED) is 0.704. The Morgan fingerprint density at radius 1 is 1.29 bits per heavy atom. The average molecular weight is 297 g/mol. The lowest BCUT2D eigenvalue weighted by Crippen LogP contribution is -2.29. The van der Waals surface area contributed by atoms with Crippen molar-refractivity contribution in [2.45, 2.75) is 18.9 Å². The van der Waals surface area contributed by atoms with Gasteiger partial charge < -0.3 is 24.6 Å². The van der Waals surface area contributed by atoms with Gasteiger partial charge in [-0.05, 0) is 12.5 Å². The first kappa shape index (κ1) is 17.3. The zero-order chi connectivity index (χ0) is 15.7. The number of ether oxygens (including phenoxy) is 3. The lowest BCUT2D eigenvalue weighted by atomic mass is 10.1. The molecule has 0 aliphatic rings. The van der Waals surface area contributed by atoms with Gasteiger partial charge in [0.1, 0.15) is 11.5 Å². The Morgan fingerprint density at radius 2 is 2.05 bits per heavy atom. The van der Waals surface area contributed by atoms with Gasteiger partial charge in [0.05, 0.1) is 33.4 Å². The highest BCUT2D eigenvalue weighted by molar-refractivity contribution is 5.79. The van der Waals surface area contributed by atoms with E-state index < -0.39 is 6.10 Å². The van der Waals surface area contributed by atoms with Gasteiger partial charge in [-0.25, -0.2) is 0 Å². The molecule has 21 heavy (non-hydrogen) atoms. The van der Waals surface area contributed by atoms with Gasteiger partial charge in [-0.2, -0.15) is 0 Å². The molecular weight excluding hydrogens is 274 g/mol. The third kappa shape index (κ3) is 6.01. The van der Waals surface area contributed by atoms with Crippen molar-refractivity contribution in [1.29, 1.82) is 0 Å². The number of nitrogens with one attached hydrogen (secondary N) is 1. The van der Waals surface area contributed by atoms with Crippen LogP contribution in [0.25, 0.3) is 0 Å². The highest BCUT2D eigenvalue weighted by atomic mass is 16.5. The van der Waals surface area contributed by atoms with Crippen molar-refractivity contribution in [3.63, 3.8) is 0 Å². The van der Waals surface area contributed by atoms with Crippen LogP contribution in [0.1, 0.15) is 12.0 Å². The van der Waals surface area contributed by atoms with E-state index in [4.69, 9.17) is 14.2 Å². The van der Waals surface area contributed by atoms with Crippen molar-refractivity contribution in [2.75, 3.05) is 34.5 Å². The van der Waals surface area contributed by atoms with E-state index in [1.807, 2.05) is 0 Å². The van der Waals surface area contributed by atoms with Crippen LogP contribution < -0.4 is 14.8 Å². The molecule has 0 spiro atoms. The van der Waals surface area contributed by atoms with Crippen LogP contribution in [0.5, 0.6) is 11.5 Å². The van der Waals surface area contributed by atoms with Crippen LogP contribution in [0, 0.1) is 0 Å². The molecule has 0 bridgehead atoms. The normalized spacial score (nSPS) is 11.8. The molecule has 1 atom stereocenters. The number of hydrogen-bond donors (Lipinski definition) is 2. The van der Waals surface area contributed by atoms with E-state index in [1.165, 1.54) is 7.11 Å². The summed E-state index contributed by atoms with van der Waals surface area (Å²) >= 11 is 0.